The lowest BCUT2D eigenvalue weighted by Crippen LogP contribution is -2.33. The molecule has 112 valence electrons. The summed E-state index contributed by atoms with van der Waals surface area (Å²) in [6.45, 7) is 6.43. The van der Waals surface area contributed by atoms with Gasteiger partial charge in [-0.05, 0) is 24.6 Å². The number of rotatable bonds is 6. The van der Waals surface area contributed by atoms with E-state index in [0.29, 0.717) is 12.5 Å². The van der Waals surface area contributed by atoms with Crippen LogP contribution in [0.25, 0.3) is 0 Å². The molecule has 0 aliphatic carbocycles. The van der Waals surface area contributed by atoms with E-state index in [-0.39, 0.29) is 30.5 Å². The molecule has 0 bridgehead atoms. The molecular weight excluding hydrogens is 369 g/mol. The second kappa shape index (κ2) is 9.60. The van der Waals surface area contributed by atoms with Crippen molar-refractivity contribution in [2.24, 2.45) is 10.7 Å². The van der Waals surface area contributed by atoms with Gasteiger partial charge in [-0.15, -0.1) is 24.0 Å². The summed E-state index contributed by atoms with van der Waals surface area (Å²) >= 11 is 0. The minimum absolute atomic E-state index is 0. The summed E-state index contributed by atoms with van der Waals surface area (Å²) in [5.41, 5.74) is 7.40. The molecule has 0 aliphatic heterocycles. The van der Waals surface area contributed by atoms with Crippen molar-refractivity contribution in [1.29, 1.82) is 0 Å². The predicted molar refractivity (Wildman–Crippen MR) is 92.7 cm³/mol. The van der Waals surface area contributed by atoms with Gasteiger partial charge in [0.05, 0.1) is 19.8 Å². The number of hydrogen-bond acceptors (Lipinski definition) is 3. The van der Waals surface area contributed by atoms with Gasteiger partial charge in [0.15, 0.2) is 5.96 Å². The first-order valence-electron chi connectivity index (χ1n) is 6.03. The standard InChI is InChI=1S/C14H21N3O2.HI/c1-10(2)8-16-14(15)17-9-13(18)11-4-6-12(19-3)7-5-11;/h4-7,13,18H,1,8-9H2,2-3H3,(H3,15,16,17);1H. The number of aliphatic hydroxyl groups excluding tert-OH is 1. The maximum Gasteiger partial charge on any atom is 0.188 e. The molecule has 0 saturated heterocycles. The molecule has 20 heavy (non-hydrogen) atoms. The Kier molecular flexibility index (Phi) is 8.98. The van der Waals surface area contributed by atoms with E-state index in [1.54, 1.807) is 31.4 Å². The number of nitrogens with one attached hydrogen (secondary N) is 1. The van der Waals surface area contributed by atoms with Crippen LogP contribution in [0.15, 0.2) is 41.4 Å². The summed E-state index contributed by atoms with van der Waals surface area (Å²) in [7, 11) is 1.60. The Labute approximate surface area is 136 Å². The van der Waals surface area contributed by atoms with Gasteiger partial charge in [0.1, 0.15) is 5.75 Å². The Morgan fingerprint density at radius 1 is 1.45 bits per heavy atom. The highest BCUT2D eigenvalue weighted by Crippen LogP contribution is 2.17. The molecule has 0 spiro atoms. The molecule has 0 heterocycles. The zero-order valence-corrected chi connectivity index (χ0v) is 14.1. The largest absolute Gasteiger partial charge is 0.497 e. The van der Waals surface area contributed by atoms with E-state index in [2.05, 4.69) is 16.9 Å². The van der Waals surface area contributed by atoms with E-state index >= 15 is 0 Å². The number of ether oxygens (including phenoxy) is 1. The van der Waals surface area contributed by atoms with Crippen LogP contribution in [0.1, 0.15) is 18.6 Å². The maximum atomic E-state index is 9.96. The highest BCUT2D eigenvalue weighted by atomic mass is 127. The molecule has 1 rings (SSSR count). The van der Waals surface area contributed by atoms with Crippen molar-refractivity contribution in [3.05, 3.63) is 42.0 Å². The number of nitrogens with two attached hydrogens (primary N) is 1. The van der Waals surface area contributed by atoms with Crippen LogP contribution >= 0.6 is 24.0 Å². The van der Waals surface area contributed by atoms with Crippen LogP contribution < -0.4 is 15.8 Å². The molecule has 4 N–H and O–H groups in total. The Hall–Kier alpha value is -1.28. The monoisotopic (exact) mass is 391 g/mol. The number of nitrogens with zero attached hydrogens (tertiary/aromatic N) is 1. The van der Waals surface area contributed by atoms with E-state index < -0.39 is 6.10 Å². The highest BCUT2D eigenvalue weighted by Gasteiger charge is 2.06. The molecule has 5 nitrogen and oxygen atoms in total. The molecule has 0 saturated carbocycles. The maximum absolute atomic E-state index is 9.96. The molecule has 0 aliphatic rings. The summed E-state index contributed by atoms with van der Waals surface area (Å²) in [5.74, 6) is 1.05. The third kappa shape index (κ3) is 6.76. The number of methoxy groups -OCH3 is 1. The van der Waals surface area contributed by atoms with Gasteiger partial charge in [0, 0.05) is 6.54 Å². The van der Waals surface area contributed by atoms with Crippen molar-refractivity contribution in [3.63, 3.8) is 0 Å². The Morgan fingerprint density at radius 2 is 2.05 bits per heavy atom. The Bertz CT molecular complexity index is 446. The van der Waals surface area contributed by atoms with Crippen LogP contribution in [-0.2, 0) is 0 Å². The number of benzene rings is 1. The Morgan fingerprint density at radius 3 is 2.55 bits per heavy atom. The van der Waals surface area contributed by atoms with E-state index in [1.807, 2.05) is 6.92 Å². The lowest BCUT2D eigenvalue weighted by atomic mass is 10.1. The van der Waals surface area contributed by atoms with Gasteiger partial charge in [-0.2, -0.15) is 0 Å². The predicted octanol–water partition coefficient (Wildman–Crippen LogP) is 1.83. The number of hydrogen-bond donors (Lipinski definition) is 3. The fraction of sp³-hybridized carbons (Fsp3) is 0.357. The van der Waals surface area contributed by atoms with E-state index in [4.69, 9.17) is 10.5 Å². The number of guanidine groups is 1. The van der Waals surface area contributed by atoms with Crippen LogP contribution in [0.2, 0.25) is 0 Å². The molecule has 0 radical (unpaired) electrons. The van der Waals surface area contributed by atoms with Gasteiger partial charge >= 0.3 is 0 Å². The van der Waals surface area contributed by atoms with Gasteiger partial charge in [0.2, 0.25) is 0 Å². The minimum Gasteiger partial charge on any atom is -0.497 e. The van der Waals surface area contributed by atoms with Crippen molar-refractivity contribution in [1.82, 2.24) is 5.32 Å². The summed E-state index contributed by atoms with van der Waals surface area (Å²) in [6.07, 6.45) is -0.684. The zero-order chi connectivity index (χ0) is 14.3. The third-order valence-corrected chi connectivity index (χ3v) is 2.51. The van der Waals surface area contributed by atoms with Crippen LogP contribution in [0, 0.1) is 0 Å². The van der Waals surface area contributed by atoms with Crippen molar-refractivity contribution < 1.29 is 9.84 Å². The lowest BCUT2D eigenvalue weighted by Gasteiger charge is -2.10. The summed E-state index contributed by atoms with van der Waals surface area (Å²) < 4.78 is 5.05. The van der Waals surface area contributed by atoms with Crippen molar-refractivity contribution in [2.75, 3.05) is 20.2 Å². The lowest BCUT2D eigenvalue weighted by molar-refractivity contribution is 0.187. The molecule has 0 fully saturated rings. The van der Waals surface area contributed by atoms with E-state index in [0.717, 1.165) is 16.9 Å². The number of halogens is 1. The van der Waals surface area contributed by atoms with Crippen LogP contribution in [0.4, 0.5) is 0 Å². The van der Waals surface area contributed by atoms with Crippen molar-refractivity contribution >= 4 is 29.9 Å². The average molecular weight is 391 g/mol. The van der Waals surface area contributed by atoms with Gasteiger partial charge in [-0.3, -0.25) is 4.99 Å². The van der Waals surface area contributed by atoms with Crippen LogP contribution in [0.5, 0.6) is 5.75 Å². The molecule has 0 aromatic heterocycles. The normalized spacial score (nSPS) is 12.2. The van der Waals surface area contributed by atoms with Crippen molar-refractivity contribution in [2.45, 2.75) is 13.0 Å². The van der Waals surface area contributed by atoms with Gasteiger partial charge in [-0.1, -0.05) is 24.3 Å². The molecule has 6 heteroatoms. The third-order valence-electron chi connectivity index (χ3n) is 2.51. The molecule has 0 amide bonds. The average Bonchev–Trinajstić information content (AvgIpc) is 2.42. The topological polar surface area (TPSA) is 79.9 Å². The first-order valence-corrected chi connectivity index (χ1v) is 6.03. The van der Waals surface area contributed by atoms with Gasteiger partial charge < -0.3 is 20.9 Å². The van der Waals surface area contributed by atoms with Gasteiger partial charge in [0.25, 0.3) is 0 Å². The van der Waals surface area contributed by atoms with Crippen LogP contribution in [0.3, 0.4) is 0 Å². The van der Waals surface area contributed by atoms with Crippen LogP contribution in [-0.4, -0.2) is 31.3 Å². The summed E-state index contributed by atoms with van der Waals surface area (Å²) in [5, 5.41) is 12.9. The Balaban J connectivity index is 0.00000361. The fourth-order valence-corrected chi connectivity index (χ4v) is 1.41. The number of aliphatic hydroxyl groups is 1. The first-order chi connectivity index (χ1) is 9.02. The smallest absolute Gasteiger partial charge is 0.188 e. The number of aliphatic imine (C=N–C) groups is 1. The molecule has 1 unspecified atom stereocenters. The second-order valence-corrected chi connectivity index (χ2v) is 4.33. The van der Waals surface area contributed by atoms with E-state index in [1.165, 1.54) is 0 Å². The fourth-order valence-electron chi connectivity index (χ4n) is 1.41. The zero-order valence-electron chi connectivity index (χ0n) is 11.8. The molecule has 1 aromatic rings. The first kappa shape index (κ1) is 18.7. The highest BCUT2D eigenvalue weighted by molar-refractivity contribution is 14.0. The second-order valence-electron chi connectivity index (χ2n) is 4.33. The molecule has 1 aromatic carbocycles. The van der Waals surface area contributed by atoms with Crippen molar-refractivity contribution in [3.8, 4) is 5.75 Å². The quantitative estimate of drug-likeness (QED) is 0.299. The minimum atomic E-state index is -0.684. The van der Waals surface area contributed by atoms with E-state index in [9.17, 15) is 5.11 Å². The molecular formula is C14H22IN3O2. The summed E-state index contributed by atoms with van der Waals surface area (Å²) in [4.78, 5) is 4.08. The molecule has 1 atom stereocenters. The SMILES string of the molecule is C=C(C)CNC(N)=NCC(O)c1ccc(OC)cc1.I. The van der Waals surface area contributed by atoms with Gasteiger partial charge in [-0.25, -0.2) is 0 Å². The summed E-state index contributed by atoms with van der Waals surface area (Å²) in [6, 6.07) is 7.20.